The monoisotopic (exact) mass is 585 g/mol. The lowest BCUT2D eigenvalue weighted by atomic mass is 9.77. The van der Waals surface area contributed by atoms with Gasteiger partial charge >= 0.3 is 14.2 Å². The maximum absolute atomic E-state index is 6.45. The molecular weight excluding hydrogens is 548 g/mol. The lowest BCUT2D eigenvalue weighted by Crippen LogP contribution is -2.41. The Bertz CT molecular complexity index is 2000. The van der Waals surface area contributed by atoms with E-state index in [4.69, 9.17) is 23.0 Å². The van der Waals surface area contributed by atoms with Crippen LogP contribution in [0.3, 0.4) is 0 Å². The molecule has 4 aromatic carbocycles. The molecule has 0 atom stereocenters. The quantitative estimate of drug-likeness (QED) is 0.205. The highest BCUT2D eigenvalue weighted by molar-refractivity contribution is 6.63. The number of para-hydroxylation sites is 1. The van der Waals surface area contributed by atoms with Gasteiger partial charge in [0.1, 0.15) is 11.2 Å². The van der Waals surface area contributed by atoms with Gasteiger partial charge in [0, 0.05) is 27.2 Å². The van der Waals surface area contributed by atoms with Crippen LogP contribution in [0.5, 0.6) is 0 Å². The molecule has 8 heteroatoms. The molecule has 0 aliphatic carbocycles. The van der Waals surface area contributed by atoms with Crippen LogP contribution < -0.4 is 10.9 Å². The zero-order valence-electron chi connectivity index (χ0n) is 26.6. The van der Waals surface area contributed by atoms with Gasteiger partial charge in [0.05, 0.1) is 33.4 Å². The van der Waals surface area contributed by atoms with Crippen LogP contribution >= 0.6 is 0 Å². The van der Waals surface area contributed by atoms with E-state index >= 15 is 0 Å². The lowest BCUT2D eigenvalue weighted by molar-refractivity contribution is 0.00578. The molecule has 6 nitrogen and oxygen atoms in total. The molecular formula is C36H37B2NO5. The fourth-order valence-electron chi connectivity index (χ4n) is 6.44. The highest BCUT2D eigenvalue weighted by Gasteiger charge is 2.53. The van der Waals surface area contributed by atoms with E-state index < -0.39 is 36.6 Å². The zero-order valence-corrected chi connectivity index (χ0v) is 26.6. The molecule has 2 saturated heterocycles. The van der Waals surface area contributed by atoms with Gasteiger partial charge < -0.3 is 27.6 Å². The van der Waals surface area contributed by atoms with Crippen molar-refractivity contribution >= 4 is 68.9 Å². The molecule has 2 aliphatic heterocycles. The normalized spacial score (nSPS) is 20.5. The van der Waals surface area contributed by atoms with Crippen molar-refractivity contribution in [2.75, 3.05) is 0 Å². The molecule has 222 valence electrons. The Morgan fingerprint density at radius 2 is 0.955 bits per heavy atom. The smallest absolute Gasteiger partial charge is 0.456 e. The summed E-state index contributed by atoms with van der Waals surface area (Å²) in [5.74, 6) is 0. The second-order valence-electron chi connectivity index (χ2n) is 14.3. The van der Waals surface area contributed by atoms with E-state index in [0.29, 0.717) is 0 Å². The Morgan fingerprint density at radius 3 is 1.48 bits per heavy atom. The van der Waals surface area contributed by atoms with Crippen molar-refractivity contribution in [3.8, 4) is 5.69 Å². The van der Waals surface area contributed by atoms with Crippen LogP contribution in [0, 0.1) is 0 Å². The second-order valence-corrected chi connectivity index (χ2v) is 14.3. The number of hydrogen-bond donors (Lipinski definition) is 0. The van der Waals surface area contributed by atoms with Gasteiger partial charge in [0.2, 0.25) is 0 Å². The van der Waals surface area contributed by atoms with Gasteiger partial charge in [-0.25, -0.2) is 0 Å². The number of furan rings is 1. The van der Waals surface area contributed by atoms with Crippen LogP contribution in [0.25, 0.3) is 49.4 Å². The molecule has 0 spiro atoms. The Balaban J connectivity index is 1.33. The highest BCUT2D eigenvalue weighted by atomic mass is 16.7. The number of nitrogens with zero attached hydrogens (tertiary/aromatic N) is 1. The van der Waals surface area contributed by atoms with Crippen molar-refractivity contribution in [2.45, 2.75) is 77.8 Å². The molecule has 0 radical (unpaired) electrons. The molecule has 0 saturated carbocycles. The molecule has 0 bridgehead atoms. The lowest BCUT2D eigenvalue weighted by Gasteiger charge is -2.32. The number of aromatic nitrogens is 1. The van der Waals surface area contributed by atoms with E-state index in [0.717, 1.165) is 60.4 Å². The van der Waals surface area contributed by atoms with E-state index in [1.54, 1.807) is 0 Å². The van der Waals surface area contributed by atoms with Crippen molar-refractivity contribution < 1.29 is 23.0 Å². The molecule has 2 aromatic heterocycles. The molecule has 2 fully saturated rings. The summed E-state index contributed by atoms with van der Waals surface area (Å²) in [6, 6.07) is 27.7. The largest absolute Gasteiger partial charge is 0.494 e. The van der Waals surface area contributed by atoms with Crippen LogP contribution in [-0.4, -0.2) is 41.2 Å². The van der Waals surface area contributed by atoms with Crippen LogP contribution in [-0.2, 0) is 18.6 Å². The fraction of sp³-hybridized carbons (Fsp3) is 0.333. The van der Waals surface area contributed by atoms with Gasteiger partial charge in [-0.05, 0) is 103 Å². The summed E-state index contributed by atoms with van der Waals surface area (Å²) < 4.78 is 34.3. The number of fused-ring (bicyclic) bond motifs is 6. The predicted octanol–water partition coefficient (Wildman–Crippen LogP) is 7.28. The second kappa shape index (κ2) is 9.01. The molecule has 0 amide bonds. The van der Waals surface area contributed by atoms with Gasteiger partial charge in [0.25, 0.3) is 0 Å². The van der Waals surface area contributed by atoms with Crippen LogP contribution in [0.1, 0.15) is 55.4 Å². The first-order chi connectivity index (χ1) is 20.7. The van der Waals surface area contributed by atoms with Gasteiger partial charge in [-0.1, -0.05) is 42.5 Å². The van der Waals surface area contributed by atoms with Crippen molar-refractivity contribution in [1.82, 2.24) is 4.57 Å². The molecule has 8 rings (SSSR count). The van der Waals surface area contributed by atoms with E-state index in [1.807, 2.05) is 12.1 Å². The standard InChI is InChI=1S/C36H37B2NO5/c1-33(2)34(3,4)42-37(41-33)22-13-16-29-26(19-22)27-20-23(38-43-35(5,6)36(7,8)44-38)14-17-30(27)39(29)24-15-18-32-28(21-24)25-11-9-10-12-31(25)40-32/h9-21H,1-8H3. The predicted molar refractivity (Wildman–Crippen MR) is 179 cm³/mol. The zero-order chi connectivity index (χ0) is 30.8. The Labute approximate surface area is 258 Å². The topological polar surface area (TPSA) is 55.0 Å². The minimum absolute atomic E-state index is 0.423. The van der Waals surface area contributed by atoms with E-state index in [1.165, 1.54) is 0 Å². The van der Waals surface area contributed by atoms with Gasteiger partial charge in [-0.15, -0.1) is 0 Å². The first-order valence-corrected chi connectivity index (χ1v) is 15.5. The van der Waals surface area contributed by atoms with Crippen LogP contribution in [0.4, 0.5) is 0 Å². The first kappa shape index (κ1) is 28.0. The number of rotatable bonds is 3. The summed E-state index contributed by atoms with van der Waals surface area (Å²) in [5, 5.41) is 4.43. The van der Waals surface area contributed by atoms with Crippen molar-refractivity contribution in [3.05, 3.63) is 78.9 Å². The molecule has 2 aliphatic rings. The molecule has 44 heavy (non-hydrogen) atoms. The maximum Gasteiger partial charge on any atom is 0.494 e. The summed E-state index contributed by atoms with van der Waals surface area (Å²) in [4.78, 5) is 0. The maximum atomic E-state index is 6.45. The third-order valence-corrected chi connectivity index (χ3v) is 10.5. The minimum atomic E-state index is -0.456. The van der Waals surface area contributed by atoms with Crippen molar-refractivity contribution in [3.63, 3.8) is 0 Å². The average molecular weight is 585 g/mol. The molecule has 0 N–H and O–H groups in total. The van der Waals surface area contributed by atoms with Gasteiger partial charge in [-0.2, -0.15) is 0 Å². The third kappa shape index (κ3) is 3.98. The molecule has 6 aromatic rings. The fourth-order valence-corrected chi connectivity index (χ4v) is 6.44. The van der Waals surface area contributed by atoms with Gasteiger partial charge in [0.15, 0.2) is 0 Å². The summed E-state index contributed by atoms with van der Waals surface area (Å²) >= 11 is 0. The summed E-state index contributed by atoms with van der Waals surface area (Å²) in [6.45, 7) is 16.7. The van der Waals surface area contributed by atoms with E-state index in [2.05, 4.69) is 127 Å². The van der Waals surface area contributed by atoms with Crippen LogP contribution in [0.15, 0.2) is 83.3 Å². The SMILES string of the molecule is CC1(C)OB(c2ccc3c(c2)c2cc(B4OC(C)(C)C(C)(C)O4)ccc2n3-c2ccc3oc4ccccc4c3c2)OC1(C)C. The summed E-state index contributed by atoms with van der Waals surface area (Å²) in [6.07, 6.45) is 0. The molecule has 0 unspecified atom stereocenters. The average Bonchev–Trinajstić information content (AvgIpc) is 3.63. The summed E-state index contributed by atoms with van der Waals surface area (Å²) in [5.41, 5.74) is 5.32. The van der Waals surface area contributed by atoms with Crippen LogP contribution in [0.2, 0.25) is 0 Å². The Hall–Kier alpha value is -3.55. The molecule has 4 heterocycles. The highest BCUT2D eigenvalue weighted by Crippen LogP contribution is 2.40. The number of benzene rings is 4. The van der Waals surface area contributed by atoms with E-state index in [9.17, 15) is 0 Å². The van der Waals surface area contributed by atoms with Gasteiger partial charge in [-0.3, -0.25) is 0 Å². The number of hydrogen-bond acceptors (Lipinski definition) is 5. The van der Waals surface area contributed by atoms with Crippen molar-refractivity contribution in [1.29, 1.82) is 0 Å². The Kier molecular flexibility index (Phi) is 5.73. The minimum Gasteiger partial charge on any atom is -0.456 e. The third-order valence-electron chi connectivity index (χ3n) is 10.5. The summed E-state index contributed by atoms with van der Waals surface area (Å²) in [7, 11) is -0.912. The Morgan fingerprint density at radius 1 is 0.477 bits per heavy atom. The van der Waals surface area contributed by atoms with E-state index in [-0.39, 0.29) is 0 Å². The van der Waals surface area contributed by atoms with Crippen molar-refractivity contribution in [2.24, 2.45) is 0 Å². The first-order valence-electron chi connectivity index (χ1n) is 15.5.